The maximum absolute atomic E-state index is 11.4. The number of aryl methyl sites for hydroxylation is 1. The van der Waals surface area contributed by atoms with E-state index in [4.69, 9.17) is 4.74 Å². The summed E-state index contributed by atoms with van der Waals surface area (Å²) >= 11 is 1.59. The van der Waals surface area contributed by atoms with Crippen LogP contribution < -0.4 is 9.84 Å². The van der Waals surface area contributed by atoms with Crippen molar-refractivity contribution < 1.29 is 105 Å². The van der Waals surface area contributed by atoms with Crippen molar-refractivity contribution in [1.29, 1.82) is 0 Å². The summed E-state index contributed by atoms with van der Waals surface area (Å²) in [6, 6.07) is 2.02. The van der Waals surface area contributed by atoms with Crippen LogP contribution in [0, 0.1) is 13.8 Å². The van der Waals surface area contributed by atoms with Crippen molar-refractivity contribution in [3.8, 4) is 16.3 Å². The van der Waals surface area contributed by atoms with Gasteiger partial charge in [-0.1, -0.05) is 5.69 Å². The van der Waals surface area contributed by atoms with Crippen molar-refractivity contribution >= 4 is 17.1 Å². The summed E-state index contributed by atoms with van der Waals surface area (Å²) in [4.78, 5) is 12.5. The van der Waals surface area contributed by atoms with E-state index in [9.17, 15) is 4.79 Å². The van der Waals surface area contributed by atoms with E-state index in [-0.39, 0.29) is 102 Å². The smallest absolute Gasteiger partial charge is 0.180 e. The molecule has 4 nitrogen and oxygen atoms in total. The van der Waals surface area contributed by atoms with Gasteiger partial charge in [-0.15, -0.1) is 22.6 Å². The molecule has 0 saturated heterocycles. The Morgan fingerprint density at radius 1 is 1.43 bits per heavy atom. The molecule has 0 amide bonds. The van der Waals surface area contributed by atoms with E-state index in [0.29, 0.717) is 18.7 Å². The molecule has 0 spiro atoms. The van der Waals surface area contributed by atoms with Crippen LogP contribution in [-0.2, 0) is 102 Å². The molecule has 0 atom stereocenters. The van der Waals surface area contributed by atoms with Gasteiger partial charge in [-0.3, -0.25) is 0 Å². The molecule has 3 heterocycles. The van der Waals surface area contributed by atoms with Crippen LogP contribution in [0.1, 0.15) is 20.9 Å². The predicted molar refractivity (Wildman–Crippen MR) is 64.5 cm³/mol. The number of Topliss-reactive ketones (excluding diaryl/α,β-unsaturated/α-hetero) is 1. The molecule has 0 bridgehead atoms. The molecule has 1 aliphatic rings. The van der Waals surface area contributed by atoms with E-state index in [1.54, 1.807) is 11.3 Å². The van der Waals surface area contributed by atoms with Crippen LogP contribution in [0.15, 0.2) is 6.07 Å². The van der Waals surface area contributed by atoms with E-state index in [0.717, 1.165) is 26.8 Å². The SMILES string of the molecule is [CH2-]C(=O)c1n[n-]c2c1CCOc1sc(C)cc1-2.[W].[W].[W].[Y]. The van der Waals surface area contributed by atoms with Gasteiger partial charge in [-0.25, -0.2) is 0 Å². The van der Waals surface area contributed by atoms with Crippen molar-refractivity contribution in [3.05, 3.63) is 29.1 Å². The van der Waals surface area contributed by atoms with Gasteiger partial charge in [0.15, 0.2) is 5.06 Å². The number of ketones is 1. The average Bonchev–Trinajstić information content (AvgIpc) is 2.79. The maximum Gasteiger partial charge on any atom is 0.180 e. The number of ether oxygens (including phenoxy) is 1. The van der Waals surface area contributed by atoms with Crippen LogP contribution in [0.25, 0.3) is 11.3 Å². The molecule has 109 valence electrons. The second kappa shape index (κ2) is 10.3. The Hall–Kier alpha value is 1.42. The second-order valence-corrected chi connectivity index (χ2v) is 5.17. The van der Waals surface area contributed by atoms with Crippen LogP contribution in [0.2, 0.25) is 0 Å². The minimum atomic E-state index is -0.283. The third-order valence-corrected chi connectivity index (χ3v) is 3.71. The maximum atomic E-state index is 11.4. The zero-order valence-corrected chi connectivity index (χ0v) is 23.6. The van der Waals surface area contributed by atoms with Gasteiger partial charge in [0.1, 0.15) is 0 Å². The Kier molecular flexibility index (Phi) is 12.1. The first-order valence-electron chi connectivity index (χ1n) is 5.29. The number of hydrogen-bond acceptors (Lipinski definition) is 4. The van der Waals surface area contributed by atoms with E-state index < -0.39 is 0 Å². The molecule has 0 N–H and O–H groups in total. The summed E-state index contributed by atoms with van der Waals surface area (Å²) in [5.41, 5.74) is 2.95. The minimum Gasteiger partial charge on any atom is -0.595 e. The van der Waals surface area contributed by atoms with E-state index in [1.165, 1.54) is 0 Å². The van der Waals surface area contributed by atoms with Crippen molar-refractivity contribution in [2.45, 2.75) is 13.3 Å². The fourth-order valence-electron chi connectivity index (χ4n) is 2.02. The summed E-state index contributed by atoms with van der Waals surface area (Å²) in [7, 11) is 0. The Morgan fingerprint density at radius 3 is 2.71 bits per heavy atom. The first-order chi connectivity index (χ1) is 8.16. The molecule has 1 radical (unpaired) electrons. The molecule has 3 rings (SSSR count). The fourth-order valence-corrected chi connectivity index (χ4v) is 2.90. The second-order valence-electron chi connectivity index (χ2n) is 3.96. The Labute approximate surface area is 195 Å². The van der Waals surface area contributed by atoms with Crippen molar-refractivity contribution in [3.63, 3.8) is 0 Å². The summed E-state index contributed by atoms with van der Waals surface area (Å²) in [6.07, 6.45) is 0.652. The van der Waals surface area contributed by atoms with Gasteiger partial charge in [-0.05, 0) is 19.4 Å². The molecule has 1 aliphatic heterocycles. The largest absolute Gasteiger partial charge is 0.595 e. The van der Waals surface area contributed by atoms with Crippen LogP contribution in [0.3, 0.4) is 0 Å². The summed E-state index contributed by atoms with van der Waals surface area (Å²) in [5.74, 6) is -0.283. The molecule has 0 aromatic carbocycles. The molecule has 0 aliphatic carbocycles. The number of fused-ring (bicyclic) bond motifs is 3. The standard InChI is InChI=1S/C12H11N2O2S.3W.Y/c1-6-5-9-11-8(3-4-16-12(9)17-6)10(7(2)15)13-14-11;;;;/h5H,2-4H2,1H3,(H,13,14,15);;;;/q-1;;;;/p-1. The van der Waals surface area contributed by atoms with Gasteiger partial charge in [0.2, 0.25) is 0 Å². The molecule has 21 heavy (non-hydrogen) atoms. The van der Waals surface area contributed by atoms with Crippen LogP contribution >= 0.6 is 11.3 Å². The summed E-state index contributed by atoms with van der Waals surface area (Å²) < 4.78 is 5.66. The predicted octanol–water partition coefficient (Wildman–Crippen LogP) is 2.02. The number of hydrogen-bond donors (Lipinski definition) is 0. The van der Waals surface area contributed by atoms with Crippen LogP contribution in [0.4, 0.5) is 0 Å². The monoisotopic (exact) mass is 887 g/mol. The first kappa shape index (κ1) is 24.7. The van der Waals surface area contributed by atoms with Gasteiger partial charge in [-0.2, -0.15) is 6.92 Å². The van der Waals surface area contributed by atoms with Gasteiger partial charge in [0.25, 0.3) is 0 Å². The number of carbonyl (C=O) groups is 1. The number of nitrogens with zero attached hydrogens (tertiary/aromatic N) is 2. The van der Waals surface area contributed by atoms with Gasteiger partial charge in [0, 0.05) is 112 Å². The average molecular weight is 887 g/mol. The third-order valence-electron chi connectivity index (χ3n) is 2.75. The normalized spacial score (nSPS) is 10.9. The minimum absolute atomic E-state index is 0. The van der Waals surface area contributed by atoms with Gasteiger partial charge < -0.3 is 19.7 Å². The first-order valence-corrected chi connectivity index (χ1v) is 6.10. The molecule has 0 saturated carbocycles. The molecule has 9 heteroatoms. The van der Waals surface area contributed by atoms with E-state index >= 15 is 0 Å². The van der Waals surface area contributed by atoms with Crippen molar-refractivity contribution in [2.75, 3.05) is 6.61 Å². The van der Waals surface area contributed by atoms with Crippen LogP contribution in [0.5, 0.6) is 5.06 Å². The summed E-state index contributed by atoms with van der Waals surface area (Å²) in [5, 5.41) is 8.91. The zero-order valence-electron chi connectivity index (χ0n) is 11.1. The Morgan fingerprint density at radius 2 is 2.10 bits per heavy atom. The fraction of sp³-hybridized carbons (Fsp3) is 0.250. The number of carbonyl (C=O) groups excluding carboxylic acids is 1. The van der Waals surface area contributed by atoms with Gasteiger partial charge >= 0.3 is 0 Å². The molecule has 0 fully saturated rings. The van der Waals surface area contributed by atoms with E-state index in [2.05, 4.69) is 17.1 Å². The van der Waals surface area contributed by atoms with E-state index in [1.807, 2.05) is 13.0 Å². The van der Waals surface area contributed by atoms with Crippen molar-refractivity contribution in [1.82, 2.24) is 10.2 Å². The van der Waals surface area contributed by atoms with Gasteiger partial charge in [0.05, 0.1) is 6.61 Å². The third kappa shape index (κ3) is 4.94. The quantitative estimate of drug-likeness (QED) is 0.326. The topological polar surface area (TPSA) is 53.3 Å². The number of rotatable bonds is 1. The molecule has 2 aromatic heterocycles. The Bertz CT molecular complexity index is 616. The molecule has 0 unspecified atom stereocenters. The molecular formula is C12H10N2O2SW3Y-2. The number of aromatic nitrogens is 2. The van der Waals surface area contributed by atoms with Crippen LogP contribution in [-0.4, -0.2) is 17.5 Å². The summed E-state index contributed by atoms with van der Waals surface area (Å²) in [6.45, 7) is 5.97. The number of thiophene rings is 1. The molecular weight excluding hydrogens is 877 g/mol. The Balaban J connectivity index is 0. The molecule has 2 aromatic rings. The van der Waals surface area contributed by atoms with Crippen molar-refractivity contribution in [2.24, 2.45) is 0 Å². The zero-order chi connectivity index (χ0) is 12.0.